The molecule has 1 amide bonds. The van der Waals surface area contributed by atoms with Crippen LogP contribution in [0.3, 0.4) is 0 Å². The van der Waals surface area contributed by atoms with Gasteiger partial charge in [-0.2, -0.15) is 0 Å². The number of nitrogens with zero attached hydrogens (tertiary/aromatic N) is 1. The fourth-order valence-electron chi connectivity index (χ4n) is 2.40. The first-order valence-corrected chi connectivity index (χ1v) is 7.20. The summed E-state index contributed by atoms with van der Waals surface area (Å²) in [7, 11) is 0. The van der Waals surface area contributed by atoms with Gasteiger partial charge in [0, 0.05) is 16.7 Å². The molecule has 0 aromatic heterocycles. The molecule has 98 valence electrons. The molecule has 1 saturated heterocycles. The second-order valence-corrected chi connectivity index (χ2v) is 5.96. The van der Waals surface area contributed by atoms with E-state index in [0.717, 1.165) is 23.2 Å². The number of carbonyl (C=O) groups is 1. The normalized spacial score (nSPS) is 20.7. The molecule has 1 aromatic carbocycles. The maximum absolute atomic E-state index is 11.9. The Kier molecular flexibility index (Phi) is 4.78. The zero-order chi connectivity index (χ0) is 13.0. The molecule has 1 heterocycles. The van der Waals surface area contributed by atoms with Crippen molar-refractivity contribution in [1.29, 1.82) is 0 Å². The van der Waals surface area contributed by atoms with Gasteiger partial charge in [-0.1, -0.05) is 28.9 Å². The van der Waals surface area contributed by atoms with E-state index in [0.29, 0.717) is 12.5 Å². The summed E-state index contributed by atoms with van der Waals surface area (Å²) in [6.45, 7) is 4.82. The number of nitrogens with one attached hydrogen (secondary N) is 1. The molecule has 2 rings (SSSR count). The van der Waals surface area contributed by atoms with Crippen LogP contribution in [0.4, 0.5) is 5.69 Å². The highest BCUT2D eigenvalue weighted by Gasteiger charge is 2.18. The van der Waals surface area contributed by atoms with Crippen LogP contribution in [0.1, 0.15) is 19.8 Å². The molecule has 0 saturated carbocycles. The Morgan fingerprint density at radius 2 is 2.39 bits per heavy atom. The van der Waals surface area contributed by atoms with Crippen molar-refractivity contribution in [3.8, 4) is 0 Å². The van der Waals surface area contributed by atoms with E-state index in [1.165, 1.54) is 12.8 Å². The molecule has 1 aromatic rings. The van der Waals surface area contributed by atoms with Crippen LogP contribution in [0.25, 0.3) is 0 Å². The van der Waals surface area contributed by atoms with Gasteiger partial charge >= 0.3 is 0 Å². The highest BCUT2D eigenvalue weighted by molar-refractivity contribution is 9.10. The number of rotatable bonds is 3. The van der Waals surface area contributed by atoms with E-state index < -0.39 is 0 Å². The topological polar surface area (TPSA) is 32.3 Å². The van der Waals surface area contributed by atoms with Crippen LogP contribution in [0.5, 0.6) is 0 Å². The lowest BCUT2D eigenvalue weighted by Crippen LogP contribution is -2.39. The van der Waals surface area contributed by atoms with Crippen molar-refractivity contribution in [2.75, 3.05) is 25.0 Å². The Morgan fingerprint density at radius 1 is 1.56 bits per heavy atom. The van der Waals surface area contributed by atoms with Gasteiger partial charge in [-0.15, -0.1) is 0 Å². The first kappa shape index (κ1) is 13.6. The van der Waals surface area contributed by atoms with Crippen LogP contribution in [0.15, 0.2) is 28.7 Å². The minimum atomic E-state index is 0.0715. The molecule has 0 radical (unpaired) electrons. The van der Waals surface area contributed by atoms with Crippen molar-refractivity contribution < 1.29 is 4.79 Å². The molecule has 0 aliphatic carbocycles. The van der Waals surface area contributed by atoms with Crippen LogP contribution in [-0.4, -0.2) is 30.4 Å². The molecule has 18 heavy (non-hydrogen) atoms. The van der Waals surface area contributed by atoms with Crippen LogP contribution < -0.4 is 5.32 Å². The van der Waals surface area contributed by atoms with Crippen LogP contribution in [0.2, 0.25) is 0 Å². The molecule has 0 spiro atoms. The van der Waals surface area contributed by atoms with E-state index in [9.17, 15) is 4.79 Å². The number of amides is 1. The van der Waals surface area contributed by atoms with Gasteiger partial charge in [0.1, 0.15) is 0 Å². The highest BCUT2D eigenvalue weighted by atomic mass is 79.9. The summed E-state index contributed by atoms with van der Waals surface area (Å²) < 4.78 is 0.979. The lowest BCUT2D eigenvalue weighted by atomic mass is 10.0. The van der Waals surface area contributed by atoms with Crippen LogP contribution >= 0.6 is 15.9 Å². The van der Waals surface area contributed by atoms with Crippen molar-refractivity contribution in [3.05, 3.63) is 28.7 Å². The predicted octanol–water partition coefficient (Wildman–Crippen LogP) is 3.12. The van der Waals surface area contributed by atoms with E-state index >= 15 is 0 Å². The van der Waals surface area contributed by atoms with Crippen LogP contribution in [0, 0.1) is 5.92 Å². The van der Waals surface area contributed by atoms with Crippen molar-refractivity contribution in [2.24, 2.45) is 5.92 Å². The van der Waals surface area contributed by atoms with E-state index in [-0.39, 0.29) is 5.91 Å². The van der Waals surface area contributed by atoms with E-state index in [1.54, 1.807) is 0 Å². The summed E-state index contributed by atoms with van der Waals surface area (Å²) in [4.78, 5) is 14.2. The molecule has 1 aliphatic heterocycles. The molecule has 1 N–H and O–H groups in total. The fraction of sp³-hybridized carbons (Fsp3) is 0.500. The number of carbonyl (C=O) groups excluding carboxylic acids is 1. The third-order valence-electron chi connectivity index (χ3n) is 3.22. The van der Waals surface area contributed by atoms with Crippen molar-refractivity contribution in [3.63, 3.8) is 0 Å². The van der Waals surface area contributed by atoms with Crippen molar-refractivity contribution in [1.82, 2.24) is 4.90 Å². The molecule has 0 bridgehead atoms. The smallest absolute Gasteiger partial charge is 0.238 e. The first-order chi connectivity index (χ1) is 8.63. The molecule has 0 unspecified atom stereocenters. The summed E-state index contributed by atoms with van der Waals surface area (Å²) in [6, 6.07) is 7.68. The number of anilines is 1. The molecule has 1 fully saturated rings. The lowest BCUT2D eigenvalue weighted by Gasteiger charge is -2.30. The molecule has 3 nitrogen and oxygen atoms in total. The Labute approximate surface area is 117 Å². The van der Waals surface area contributed by atoms with Gasteiger partial charge in [0.2, 0.25) is 5.91 Å². The fourth-order valence-corrected chi connectivity index (χ4v) is 2.80. The van der Waals surface area contributed by atoms with Gasteiger partial charge in [0.15, 0.2) is 0 Å². The molecule has 4 heteroatoms. The quantitative estimate of drug-likeness (QED) is 0.930. The van der Waals surface area contributed by atoms with E-state index in [4.69, 9.17) is 0 Å². The summed E-state index contributed by atoms with van der Waals surface area (Å²) >= 11 is 3.40. The average Bonchev–Trinajstić information content (AvgIpc) is 2.28. The predicted molar refractivity (Wildman–Crippen MR) is 77.6 cm³/mol. The Morgan fingerprint density at radius 3 is 3.11 bits per heavy atom. The molecular formula is C14H19BrN2O. The third-order valence-corrected chi connectivity index (χ3v) is 3.71. The van der Waals surface area contributed by atoms with E-state index in [2.05, 4.69) is 33.1 Å². The molecule has 1 atom stereocenters. The Hall–Kier alpha value is -0.870. The van der Waals surface area contributed by atoms with E-state index in [1.807, 2.05) is 24.3 Å². The maximum Gasteiger partial charge on any atom is 0.238 e. The van der Waals surface area contributed by atoms with Crippen molar-refractivity contribution in [2.45, 2.75) is 19.8 Å². The largest absolute Gasteiger partial charge is 0.325 e. The zero-order valence-corrected chi connectivity index (χ0v) is 12.2. The Bertz CT molecular complexity index is 422. The summed E-state index contributed by atoms with van der Waals surface area (Å²) in [5, 5.41) is 2.93. The number of hydrogen-bond donors (Lipinski definition) is 1. The number of benzene rings is 1. The number of hydrogen-bond acceptors (Lipinski definition) is 2. The second kappa shape index (κ2) is 6.34. The lowest BCUT2D eigenvalue weighted by molar-refractivity contribution is -0.117. The summed E-state index contributed by atoms with van der Waals surface area (Å²) in [6.07, 6.45) is 2.48. The zero-order valence-electron chi connectivity index (χ0n) is 10.7. The van der Waals surface area contributed by atoms with Gasteiger partial charge in [-0.3, -0.25) is 9.69 Å². The van der Waals surface area contributed by atoms with Crippen LogP contribution in [-0.2, 0) is 4.79 Å². The van der Waals surface area contributed by atoms with Gasteiger partial charge in [0.25, 0.3) is 0 Å². The third kappa shape index (κ3) is 4.10. The number of halogens is 1. The molecule has 1 aliphatic rings. The summed E-state index contributed by atoms with van der Waals surface area (Å²) in [5.41, 5.74) is 0.847. The van der Waals surface area contributed by atoms with Gasteiger partial charge in [0.05, 0.1) is 6.54 Å². The average molecular weight is 311 g/mol. The maximum atomic E-state index is 11.9. The van der Waals surface area contributed by atoms with Gasteiger partial charge in [-0.25, -0.2) is 0 Å². The molecular weight excluding hydrogens is 292 g/mol. The first-order valence-electron chi connectivity index (χ1n) is 6.41. The number of likely N-dealkylation sites (tertiary alicyclic amines) is 1. The highest BCUT2D eigenvalue weighted by Crippen LogP contribution is 2.17. The Balaban J connectivity index is 1.85. The number of piperidine rings is 1. The van der Waals surface area contributed by atoms with Crippen molar-refractivity contribution >= 4 is 27.5 Å². The SMILES string of the molecule is C[C@@H]1CCCN(CC(=O)Nc2cccc(Br)c2)C1. The minimum absolute atomic E-state index is 0.0715. The summed E-state index contributed by atoms with van der Waals surface area (Å²) in [5.74, 6) is 0.777. The van der Waals surface area contributed by atoms with Gasteiger partial charge < -0.3 is 5.32 Å². The minimum Gasteiger partial charge on any atom is -0.325 e. The monoisotopic (exact) mass is 310 g/mol. The van der Waals surface area contributed by atoms with Gasteiger partial charge in [-0.05, 0) is 43.5 Å². The standard InChI is InChI=1S/C14H19BrN2O/c1-11-4-3-7-17(9-11)10-14(18)16-13-6-2-5-12(15)8-13/h2,5-6,8,11H,3-4,7,9-10H2,1H3,(H,16,18)/t11-/m1/s1. The second-order valence-electron chi connectivity index (χ2n) is 5.04.